The molecule has 248 valence electrons. The number of hydrogen-bond donors (Lipinski definition) is 0. The number of fused-ring (bicyclic) bond motifs is 4. The van der Waals surface area contributed by atoms with E-state index >= 15 is 0 Å². The zero-order valence-corrected chi connectivity index (χ0v) is 29.5. The molecular formula is C49H31N3S. The summed E-state index contributed by atoms with van der Waals surface area (Å²) >= 11 is 1.81. The predicted octanol–water partition coefficient (Wildman–Crippen LogP) is 13.4. The van der Waals surface area contributed by atoms with Crippen LogP contribution in [0.4, 0.5) is 0 Å². The zero-order chi connectivity index (χ0) is 35.1. The van der Waals surface area contributed by atoms with Gasteiger partial charge in [0.2, 0.25) is 0 Å². The van der Waals surface area contributed by atoms with Crippen molar-refractivity contribution in [3.8, 4) is 67.5 Å². The Morgan fingerprint density at radius 1 is 0.283 bits per heavy atom. The minimum atomic E-state index is 0.644. The molecule has 10 rings (SSSR count). The predicted molar refractivity (Wildman–Crippen MR) is 223 cm³/mol. The molecule has 2 heterocycles. The molecule has 10 aromatic rings. The smallest absolute Gasteiger partial charge is 0.165 e. The first-order valence-corrected chi connectivity index (χ1v) is 18.6. The van der Waals surface area contributed by atoms with Crippen LogP contribution in [-0.2, 0) is 0 Å². The second-order valence-corrected chi connectivity index (χ2v) is 14.2. The lowest BCUT2D eigenvalue weighted by molar-refractivity contribution is 1.08. The number of thiophene rings is 1. The third kappa shape index (κ3) is 5.76. The molecule has 0 aliphatic rings. The fraction of sp³-hybridized carbons (Fsp3) is 0. The van der Waals surface area contributed by atoms with E-state index in [1.54, 1.807) is 0 Å². The van der Waals surface area contributed by atoms with Gasteiger partial charge in [-0.25, -0.2) is 15.0 Å². The van der Waals surface area contributed by atoms with E-state index in [1.807, 2.05) is 29.5 Å². The summed E-state index contributed by atoms with van der Waals surface area (Å²) in [7, 11) is 0. The molecule has 0 unspecified atom stereocenters. The Morgan fingerprint density at radius 3 is 1.43 bits per heavy atom. The van der Waals surface area contributed by atoms with Crippen LogP contribution in [0.1, 0.15) is 0 Å². The minimum absolute atomic E-state index is 0.644. The summed E-state index contributed by atoms with van der Waals surface area (Å²) in [6, 6.07) is 66.3. The second kappa shape index (κ2) is 13.1. The Hall–Kier alpha value is -6.75. The molecule has 0 radical (unpaired) electrons. The highest BCUT2D eigenvalue weighted by Crippen LogP contribution is 2.43. The molecule has 4 heteroatoms. The van der Waals surface area contributed by atoms with Gasteiger partial charge in [-0.15, -0.1) is 11.3 Å². The quantitative estimate of drug-likeness (QED) is 0.174. The van der Waals surface area contributed by atoms with Crippen molar-refractivity contribution in [2.24, 2.45) is 0 Å². The first-order chi connectivity index (χ1) is 26.2. The molecule has 0 fully saturated rings. The van der Waals surface area contributed by atoms with Gasteiger partial charge in [0, 0.05) is 36.9 Å². The standard InChI is InChI=1S/C49H31N3S/c1-4-13-32(14-5-1)37-27-25-33-26-28-38(31-40(33)30-37)36-19-10-20-39(29-36)48-50-47(35-17-8-3-9-18-35)51-49(52-48)44-24-12-23-43-42-22-11-21-41(45(42)53-46(43)44)34-15-6-2-7-16-34/h1-31H. The maximum absolute atomic E-state index is 5.21. The summed E-state index contributed by atoms with van der Waals surface area (Å²) in [5.41, 5.74) is 10.0. The van der Waals surface area contributed by atoms with Gasteiger partial charge in [-0.05, 0) is 68.4 Å². The molecular weight excluding hydrogens is 663 g/mol. The van der Waals surface area contributed by atoms with Gasteiger partial charge in [0.1, 0.15) is 0 Å². The van der Waals surface area contributed by atoms with Crippen molar-refractivity contribution in [1.29, 1.82) is 0 Å². The van der Waals surface area contributed by atoms with Crippen LogP contribution in [-0.4, -0.2) is 15.0 Å². The lowest BCUT2D eigenvalue weighted by atomic mass is 9.97. The summed E-state index contributed by atoms with van der Waals surface area (Å²) in [6.45, 7) is 0. The van der Waals surface area contributed by atoms with Crippen LogP contribution in [0, 0.1) is 0 Å². The Morgan fingerprint density at radius 2 is 0.755 bits per heavy atom. The van der Waals surface area contributed by atoms with Crippen LogP contribution < -0.4 is 0 Å². The molecule has 53 heavy (non-hydrogen) atoms. The van der Waals surface area contributed by atoms with Crippen molar-refractivity contribution in [1.82, 2.24) is 15.0 Å². The maximum Gasteiger partial charge on any atom is 0.165 e. The van der Waals surface area contributed by atoms with Gasteiger partial charge in [0.15, 0.2) is 17.5 Å². The number of rotatable bonds is 6. The van der Waals surface area contributed by atoms with E-state index in [0.717, 1.165) is 27.8 Å². The Labute approximate surface area is 311 Å². The van der Waals surface area contributed by atoms with Crippen molar-refractivity contribution < 1.29 is 0 Å². The van der Waals surface area contributed by atoms with E-state index in [9.17, 15) is 0 Å². The Bertz CT molecular complexity index is 2940. The van der Waals surface area contributed by atoms with Crippen molar-refractivity contribution >= 4 is 42.3 Å². The topological polar surface area (TPSA) is 38.7 Å². The lowest BCUT2D eigenvalue weighted by Gasteiger charge is -2.11. The number of hydrogen-bond acceptors (Lipinski definition) is 4. The normalized spacial score (nSPS) is 11.4. The lowest BCUT2D eigenvalue weighted by Crippen LogP contribution is -2.00. The average molecular weight is 694 g/mol. The van der Waals surface area contributed by atoms with Gasteiger partial charge in [-0.1, -0.05) is 164 Å². The molecule has 0 spiro atoms. The molecule has 3 nitrogen and oxygen atoms in total. The van der Waals surface area contributed by atoms with Crippen LogP contribution in [0.15, 0.2) is 188 Å². The van der Waals surface area contributed by atoms with Crippen molar-refractivity contribution in [2.75, 3.05) is 0 Å². The van der Waals surface area contributed by atoms with Crippen LogP contribution in [0.25, 0.3) is 98.5 Å². The highest BCUT2D eigenvalue weighted by Gasteiger charge is 2.18. The van der Waals surface area contributed by atoms with E-state index in [2.05, 4.69) is 170 Å². The Kier molecular flexibility index (Phi) is 7.67. The summed E-state index contributed by atoms with van der Waals surface area (Å²) in [5, 5.41) is 4.86. The van der Waals surface area contributed by atoms with Gasteiger partial charge in [-0.2, -0.15) is 0 Å². The summed E-state index contributed by atoms with van der Waals surface area (Å²) < 4.78 is 2.43. The molecule has 0 saturated carbocycles. The van der Waals surface area contributed by atoms with Crippen molar-refractivity contribution in [3.05, 3.63) is 188 Å². The van der Waals surface area contributed by atoms with Gasteiger partial charge in [0.25, 0.3) is 0 Å². The van der Waals surface area contributed by atoms with E-state index < -0.39 is 0 Å². The average Bonchev–Trinajstić information content (AvgIpc) is 3.63. The molecule has 0 amide bonds. The number of aromatic nitrogens is 3. The van der Waals surface area contributed by atoms with Crippen molar-refractivity contribution in [3.63, 3.8) is 0 Å². The molecule has 0 atom stereocenters. The van der Waals surface area contributed by atoms with Crippen LogP contribution >= 0.6 is 11.3 Å². The zero-order valence-electron chi connectivity index (χ0n) is 28.6. The Balaban J connectivity index is 1.11. The fourth-order valence-corrected chi connectivity index (χ4v) is 8.60. The highest BCUT2D eigenvalue weighted by molar-refractivity contribution is 7.26. The number of benzene rings is 8. The molecule has 0 N–H and O–H groups in total. The summed E-state index contributed by atoms with van der Waals surface area (Å²) in [4.78, 5) is 15.4. The maximum atomic E-state index is 5.21. The van der Waals surface area contributed by atoms with Gasteiger partial charge in [-0.3, -0.25) is 0 Å². The molecule has 2 aromatic heterocycles. The second-order valence-electron chi connectivity index (χ2n) is 13.2. The monoisotopic (exact) mass is 693 g/mol. The highest BCUT2D eigenvalue weighted by atomic mass is 32.1. The fourth-order valence-electron chi connectivity index (χ4n) is 7.26. The first kappa shape index (κ1) is 31.0. The third-order valence-corrected chi connectivity index (χ3v) is 11.2. The van der Waals surface area contributed by atoms with Gasteiger partial charge >= 0.3 is 0 Å². The SMILES string of the molecule is c1ccc(-c2ccc3ccc(-c4cccc(-c5nc(-c6ccccc6)nc(-c6cccc7c6sc6c(-c8ccccc8)cccc67)n5)c4)cc3c2)cc1. The van der Waals surface area contributed by atoms with E-state index in [-0.39, 0.29) is 0 Å². The van der Waals surface area contributed by atoms with Gasteiger partial charge < -0.3 is 0 Å². The first-order valence-electron chi connectivity index (χ1n) is 17.8. The molecule has 8 aromatic carbocycles. The number of nitrogens with zero attached hydrogens (tertiary/aromatic N) is 3. The van der Waals surface area contributed by atoms with E-state index in [0.29, 0.717) is 17.5 Å². The van der Waals surface area contributed by atoms with Crippen LogP contribution in [0.3, 0.4) is 0 Å². The molecule has 0 aliphatic carbocycles. The molecule has 0 bridgehead atoms. The van der Waals surface area contributed by atoms with Gasteiger partial charge in [0.05, 0.1) is 0 Å². The van der Waals surface area contributed by atoms with Crippen molar-refractivity contribution in [2.45, 2.75) is 0 Å². The van der Waals surface area contributed by atoms with Crippen LogP contribution in [0.2, 0.25) is 0 Å². The third-order valence-electron chi connectivity index (χ3n) is 9.92. The minimum Gasteiger partial charge on any atom is -0.208 e. The van der Waals surface area contributed by atoms with E-state index in [4.69, 9.17) is 15.0 Å². The molecule has 0 aliphatic heterocycles. The largest absolute Gasteiger partial charge is 0.208 e. The van der Waals surface area contributed by atoms with Crippen LogP contribution in [0.5, 0.6) is 0 Å². The molecule has 0 saturated heterocycles. The van der Waals surface area contributed by atoms with E-state index in [1.165, 1.54) is 53.2 Å². The summed E-state index contributed by atoms with van der Waals surface area (Å²) in [6.07, 6.45) is 0. The summed E-state index contributed by atoms with van der Waals surface area (Å²) in [5.74, 6) is 1.96.